The quantitative estimate of drug-likeness (QED) is 0.153. The van der Waals surface area contributed by atoms with E-state index in [-0.39, 0.29) is 29.1 Å². The smallest absolute Gasteiger partial charge is 0.416 e. The Bertz CT molecular complexity index is 1290. The van der Waals surface area contributed by atoms with Crippen molar-refractivity contribution in [3.63, 3.8) is 0 Å². The lowest BCUT2D eigenvalue weighted by atomic mass is 9.90. The van der Waals surface area contributed by atoms with E-state index in [2.05, 4.69) is 38.2 Å². The molecule has 0 bridgehead atoms. The van der Waals surface area contributed by atoms with E-state index in [1.165, 1.54) is 13.2 Å². The summed E-state index contributed by atoms with van der Waals surface area (Å²) in [6, 6.07) is 10.6. The molecule has 0 aliphatic rings. The van der Waals surface area contributed by atoms with Gasteiger partial charge in [-0.05, 0) is 65.6 Å². The zero-order valence-electron chi connectivity index (χ0n) is 21.6. The molecule has 3 aromatic rings. The van der Waals surface area contributed by atoms with Crippen LogP contribution >= 0.6 is 22.6 Å². The van der Waals surface area contributed by atoms with E-state index < -0.39 is 29.8 Å². The number of hydrogen-bond acceptors (Lipinski definition) is 5. The lowest BCUT2D eigenvalue weighted by molar-refractivity contribution is -0.142. The zero-order valence-corrected chi connectivity index (χ0v) is 23.8. The van der Waals surface area contributed by atoms with Crippen LogP contribution in [0.5, 0.6) is 5.75 Å². The van der Waals surface area contributed by atoms with Crippen LogP contribution in [0.4, 0.5) is 18.0 Å². The van der Waals surface area contributed by atoms with Crippen LogP contribution in [0, 0.1) is 0 Å². The maximum atomic E-state index is 13.8. The van der Waals surface area contributed by atoms with E-state index in [9.17, 15) is 22.8 Å². The Morgan fingerprint density at radius 1 is 1.03 bits per heavy atom. The number of nitrogens with zero attached hydrogens (tertiary/aromatic N) is 1. The molecule has 39 heavy (non-hydrogen) atoms. The van der Waals surface area contributed by atoms with Gasteiger partial charge in [0, 0.05) is 28.4 Å². The summed E-state index contributed by atoms with van der Waals surface area (Å²) in [5.41, 5.74) is 1.78. The third-order valence-corrected chi connectivity index (χ3v) is 6.59. The predicted molar refractivity (Wildman–Crippen MR) is 150 cm³/mol. The second kappa shape index (κ2) is 13.6. The number of amides is 2. The van der Waals surface area contributed by atoms with Gasteiger partial charge < -0.3 is 20.1 Å². The van der Waals surface area contributed by atoms with Gasteiger partial charge in [0.1, 0.15) is 5.75 Å². The predicted octanol–water partition coefficient (Wildman–Crippen LogP) is 6.25. The number of halogens is 4. The Morgan fingerprint density at radius 2 is 1.74 bits per heavy atom. The third-order valence-electron chi connectivity index (χ3n) is 5.87. The molecule has 1 aromatic heterocycles. The molecule has 0 aliphatic heterocycles. The van der Waals surface area contributed by atoms with Crippen molar-refractivity contribution >= 4 is 34.6 Å². The molecule has 0 spiro atoms. The van der Waals surface area contributed by atoms with Crippen LogP contribution in [0.15, 0.2) is 60.9 Å². The van der Waals surface area contributed by atoms with Gasteiger partial charge in [-0.2, -0.15) is 13.2 Å². The Labute approximate surface area is 238 Å². The molecule has 208 valence electrons. The van der Waals surface area contributed by atoms with Crippen molar-refractivity contribution in [3.8, 4) is 16.9 Å². The molecule has 2 N–H and O–H groups in total. The normalized spacial score (nSPS) is 12.8. The number of urea groups is 1. The van der Waals surface area contributed by atoms with Gasteiger partial charge in [-0.25, -0.2) is 4.79 Å². The molecule has 2 amide bonds. The van der Waals surface area contributed by atoms with Crippen LogP contribution in [0.2, 0.25) is 0 Å². The number of aromatic nitrogens is 1. The zero-order chi connectivity index (χ0) is 28.6. The molecular weight excluding hydrogens is 626 g/mol. The molecule has 7 nitrogen and oxygen atoms in total. The molecule has 1 heterocycles. The molecule has 0 aliphatic carbocycles. The minimum atomic E-state index is -4.59. The average Bonchev–Trinajstić information content (AvgIpc) is 2.90. The van der Waals surface area contributed by atoms with Gasteiger partial charge >= 0.3 is 18.2 Å². The van der Waals surface area contributed by atoms with E-state index >= 15 is 0 Å². The second-order valence-corrected chi connectivity index (χ2v) is 10.6. The molecule has 2 atom stereocenters. The van der Waals surface area contributed by atoms with E-state index in [0.29, 0.717) is 22.4 Å². The van der Waals surface area contributed by atoms with Crippen molar-refractivity contribution in [2.45, 2.75) is 43.0 Å². The molecule has 0 saturated heterocycles. The number of ether oxygens (including phenoxy) is 2. The highest BCUT2D eigenvalue weighted by Crippen LogP contribution is 2.41. The monoisotopic (exact) mass is 655 g/mol. The standard InChI is InChI=1S/C28H29F3IN3O4/c1-4-39-25(36)14-19-5-8-24(38-3)22(13-19)21-7-6-20(28(29,30)31)15-23(21)26(17(2)32)35-27(37)34-16-18-9-11-33-12-10-18/h5-13,15,17,26H,4,14,16H2,1-3H3,(H2,34,35,37). The fourth-order valence-electron chi connectivity index (χ4n) is 4.01. The summed E-state index contributed by atoms with van der Waals surface area (Å²) in [6.07, 6.45) is -1.40. The van der Waals surface area contributed by atoms with E-state index in [1.807, 2.05) is 0 Å². The number of rotatable bonds is 10. The first-order valence-electron chi connectivity index (χ1n) is 12.1. The first-order chi connectivity index (χ1) is 18.5. The molecular formula is C28H29F3IN3O4. The Hall–Kier alpha value is -3.35. The van der Waals surface area contributed by atoms with Crippen LogP contribution in [-0.2, 0) is 28.7 Å². The Morgan fingerprint density at radius 3 is 2.36 bits per heavy atom. The number of alkyl halides is 4. The average molecular weight is 655 g/mol. The minimum Gasteiger partial charge on any atom is -0.496 e. The summed E-state index contributed by atoms with van der Waals surface area (Å²) < 4.78 is 51.6. The maximum Gasteiger partial charge on any atom is 0.416 e. The number of esters is 1. The highest BCUT2D eigenvalue weighted by atomic mass is 127. The van der Waals surface area contributed by atoms with Gasteiger partial charge in [0.05, 0.1) is 31.7 Å². The summed E-state index contributed by atoms with van der Waals surface area (Å²) in [4.78, 5) is 28.9. The van der Waals surface area contributed by atoms with Crippen LogP contribution in [-0.4, -0.2) is 34.6 Å². The number of nitrogens with one attached hydrogen (secondary N) is 2. The second-order valence-electron chi connectivity index (χ2n) is 8.65. The van der Waals surface area contributed by atoms with Gasteiger partial charge in [-0.3, -0.25) is 9.78 Å². The van der Waals surface area contributed by atoms with Crippen molar-refractivity contribution in [2.24, 2.45) is 0 Å². The number of pyridine rings is 1. The van der Waals surface area contributed by atoms with Crippen molar-refractivity contribution in [1.29, 1.82) is 0 Å². The van der Waals surface area contributed by atoms with Crippen LogP contribution in [0.3, 0.4) is 0 Å². The van der Waals surface area contributed by atoms with Crippen molar-refractivity contribution in [3.05, 3.63) is 83.2 Å². The Kier molecular flexibility index (Phi) is 10.6. The molecule has 0 radical (unpaired) electrons. The van der Waals surface area contributed by atoms with Gasteiger partial charge in [0.25, 0.3) is 0 Å². The van der Waals surface area contributed by atoms with Crippen LogP contribution < -0.4 is 15.4 Å². The minimum absolute atomic E-state index is 0.0113. The number of carbonyl (C=O) groups excluding carboxylic acids is 2. The van der Waals surface area contributed by atoms with E-state index in [4.69, 9.17) is 9.47 Å². The first kappa shape index (κ1) is 30.2. The van der Waals surface area contributed by atoms with Gasteiger partial charge in [0.15, 0.2) is 0 Å². The van der Waals surface area contributed by atoms with E-state index in [1.54, 1.807) is 56.6 Å². The maximum absolute atomic E-state index is 13.8. The number of methoxy groups -OCH3 is 1. The SMILES string of the molecule is CCOC(=O)Cc1ccc(OC)c(-c2ccc(C(F)(F)F)cc2C(NC(=O)NCc2ccncc2)C(C)I)c1. The molecule has 0 saturated carbocycles. The summed E-state index contributed by atoms with van der Waals surface area (Å²) in [6.45, 7) is 3.95. The molecule has 2 aromatic carbocycles. The fraction of sp³-hybridized carbons (Fsp3) is 0.321. The summed E-state index contributed by atoms with van der Waals surface area (Å²) in [5, 5.41) is 5.58. The van der Waals surface area contributed by atoms with Gasteiger partial charge in [0.2, 0.25) is 0 Å². The van der Waals surface area contributed by atoms with E-state index in [0.717, 1.165) is 17.7 Å². The number of carbonyl (C=O) groups is 2. The first-order valence-corrected chi connectivity index (χ1v) is 13.4. The van der Waals surface area contributed by atoms with Crippen molar-refractivity contribution in [1.82, 2.24) is 15.6 Å². The number of benzene rings is 2. The lowest BCUT2D eigenvalue weighted by Crippen LogP contribution is -2.40. The third kappa shape index (κ3) is 8.32. The fourth-order valence-corrected chi connectivity index (χ4v) is 4.58. The van der Waals surface area contributed by atoms with Crippen molar-refractivity contribution < 1.29 is 32.2 Å². The topological polar surface area (TPSA) is 89.5 Å². The number of hydrogen-bond donors (Lipinski definition) is 2. The molecule has 2 unspecified atom stereocenters. The van der Waals surface area contributed by atoms with Crippen LogP contribution in [0.1, 0.15) is 42.1 Å². The largest absolute Gasteiger partial charge is 0.496 e. The highest BCUT2D eigenvalue weighted by Gasteiger charge is 2.33. The van der Waals surface area contributed by atoms with Gasteiger partial charge in [-0.15, -0.1) is 0 Å². The molecule has 11 heteroatoms. The highest BCUT2D eigenvalue weighted by molar-refractivity contribution is 14.1. The molecule has 0 fully saturated rings. The van der Waals surface area contributed by atoms with Gasteiger partial charge in [-0.1, -0.05) is 41.6 Å². The van der Waals surface area contributed by atoms with Crippen LogP contribution in [0.25, 0.3) is 11.1 Å². The van der Waals surface area contributed by atoms with Crippen molar-refractivity contribution in [2.75, 3.05) is 13.7 Å². The lowest BCUT2D eigenvalue weighted by Gasteiger charge is -2.26. The Balaban J connectivity index is 2.05. The molecule has 3 rings (SSSR count). The summed E-state index contributed by atoms with van der Waals surface area (Å²) in [7, 11) is 1.46. The summed E-state index contributed by atoms with van der Waals surface area (Å²) >= 11 is 2.08. The summed E-state index contributed by atoms with van der Waals surface area (Å²) in [5.74, 6) is -0.0156.